The van der Waals surface area contributed by atoms with E-state index in [0.29, 0.717) is 6.04 Å². The fraction of sp³-hybridized carbons (Fsp3) is 0.778. The smallest absolute Gasteiger partial charge is 0.147 e. The average molecular weight is 195 g/mol. The minimum absolute atomic E-state index is 0.273. The zero-order valence-corrected chi connectivity index (χ0v) is 8.72. The summed E-state index contributed by atoms with van der Waals surface area (Å²) in [5, 5.41) is 7.95. The van der Waals surface area contributed by atoms with Crippen molar-refractivity contribution < 1.29 is 0 Å². The van der Waals surface area contributed by atoms with Gasteiger partial charge in [-0.05, 0) is 20.3 Å². The Hall–Kier alpha value is -1.10. The second kappa shape index (κ2) is 3.57. The van der Waals surface area contributed by atoms with Crippen molar-refractivity contribution in [1.29, 1.82) is 0 Å². The maximum absolute atomic E-state index is 5.97. The maximum atomic E-state index is 5.97. The van der Waals surface area contributed by atoms with E-state index in [-0.39, 0.29) is 6.04 Å². The number of anilines is 1. The molecule has 1 saturated heterocycles. The predicted octanol–water partition coefficient (Wildman–Crippen LogP) is 0.224. The minimum Gasteiger partial charge on any atom is -0.351 e. The van der Waals surface area contributed by atoms with Crippen LogP contribution in [0.1, 0.15) is 20.3 Å². The Morgan fingerprint density at radius 1 is 1.64 bits per heavy atom. The third-order valence-electron chi connectivity index (χ3n) is 3.01. The SMILES string of the molecule is CCn1nncc1N1CCC(N)C1C. The Morgan fingerprint density at radius 3 is 3.00 bits per heavy atom. The van der Waals surface area contributed by atoms with Gasteiger partial charge in [-0.15, -0.1) is 5.10 Å². The molecule has 0 aromatic carbocycles. The molecule has 0 bridgehead atoms. The fourth-order valence-electron chi connectivity index (χ4n) is 1.99. The summed E-state index contributed by atoms with van der Waals surface area (Å²) in [6.45, 7) is 6.09. The Kier molecular flexibility index (Phi) is 2.41. The first-order valence-electron chi connectivity index (χ1n) is 5.14. The van der Waals surface area contributed by atoms with E-state index in [1.165, 1.54) is 0 Å². The Labute approximate surface area is 83.9 Å². The third-order valence-corrected chi connectivity index (χ3v) is 3.01. The summed E-state index contributed by atoms with van der Waals surface area (Å²) < 4.78 is 1.91. The molecule has 2 rings (SSSR count). The molecule has 1 aromatic rings. The van der Waals surface area contributed by atoms with Crippen LogP contribution in [0, 0.1) is 0 Å². The predicted molar refractivity (Wildman–Crippen MR) is 55.1 cm³/mol. The van der Waals surface area contributed by atoms with Gasteiger partial charge in [0, 0.05) is 25.2 Å². The number of nitrogens with zero attached hydrogens (tertiary/aromatic N) is 4. The van der Waals surface area contributed by atoms with Crippen LogP contribution in [0.2, 0.25) is 0 Å². The van der Waals surface area contributed by atoms with Crippen LogP contribution in [0.15, 0.2) is 6.20 Å². The molecule has 1 aliphatic rings. The van der Waals surface area contributed by atoms with E-state index in [4.69, 9.17) is 5.73 Å². The quantitative estimate of drug-likeness (QED) is 0.733. The van der Waals surface area contributed by atoms with Crippen LogP contribution in [0.4, 0.5) is 5.82 Å². The lowest BCUT2D eigenvalue weighted by atomic mass is 10.2. The maximum Gasteiger partial charge on any atom is 0.147 e. The summed E-state index contributed by atoms with van der Waals surface area (Å²) in [6.07, 6.45) is 2.87. The van der Waals surface area contributed by atoms with Gasteiger partial charge >= 0.3 is 0 Å². The summed E-state index contributed by atoms with van der Waals surface area (Å²) in [6, 6.07) is 0.661. The molecule has 2 atom stereocenters. The van der Waals surface area contributed by atoms with Gasteiger partial charge in [0.25, 0.3) is 0 Å². The van der Waals surface area contributed by atoms with Gasteiger partial charge < -0.3 is 10.6 Å². The van der Waals surface area contributed by atoms with Crippen LogP contribution in [0.25, 0.3) is 0 Å². The summed E-state index contributed by atoms with van der Waals surface area (Å²) >= 11 is 0. The molecule has 1 aliphatic heterocycles. The first-order chi connectivity index (χ1) is 6.74. The topological polar surface area (TPSA) is 60.0 Å². The zero-order chi connectivity index (χ0) is 10.1. The van der Waals surface area contributed by atoms with Crippen LogP contribution in [0.3, 0.4) is 0 Å². The Bertz CT molecular complexity index is 308. The van der Waals surface area contributed by atoms with E-state index in [0.717, 1.165) is 25.3 Å². The van der Waals surface area contributed by atoms with Crippen molar-refractivity contribution in [3.63, 3.8) is 0 Å². The Balaban J connectivity index is 2.23. The normalized spacial score (nSPS) is 27.2. The molecule has 0 amide bonds. The number of nitrogens with two attached hydrogens (primary N) is 1. The molecule has 2 N–H and O–H groups in total. The first-order valence-corrected chi connectivity index (χ1v) is 5.14. The van der Waals surface area contributed by atoms with Crippen LogP contribution in [0.5, 0.6) is 0 Å². The molecule has 1 aromatic heterocycles. The standard InChI is InChI=1S/C9H17N5/c1-3-14-9(6-11-12-14)13-5-4-8(10)7(13)2/h6-8H,3-5,10H2,1-2H3. The zero-order valence-electron chi connectivity index (χ0n) is 8.72. The summed E-state index contributed by atoms with van der Waals surface area (Å²) in [5.74, 6) is 1.09. The summed E-state index contributed by atoms with van der Waals surface area (Å²) in [4.78, 5) is 2.29. The number of hydrogen-bond acceptors (Lipinski definition) is 4. The highest BCUT2D eigenvalue weighted by Gasteiger charge is 2.29. The molecular formula is C9H17N5. The molecule has 5 nitrogen and oxygen atoms in total. The number of hydrogen-bond donors (Lipinski definition) is 1. The van der Waals surface area contributed by atoms with Gasteiger partial charge in [-0.2, -0.15) is 0 Å². The molecule has 2 heterocycles. The molecule has 2 unspecified atom stereocenters. The van der Waals surface area contributed by atoms with E-state index in [9.17, 15) is 0 Å². The molecule has 78 valence electrons. The molecule has 0 saturated carbocycles. The first kappa shape index (κ1) is 9.45. The highest BCUT2D eigenvalue weighted by molar-refractivity contribution is 5.39. The van der Waals surface area contributed by atoms with E-state index in [1.54, 1.807) is 0 Å². The summed E-state index contributed by atoms with van der Waals surface area (Å²) in [5.41, 5.74) is 5.97. The van der Waals surface area contributed by atoms with Crippen LogP contribution in [-0.4, -0.2) is 33.6 Å². The average Bonchev–Trinajstić information content (AvgIpc) is 2.75. The van der Waals surface area contributed by atoms with Crippen molar-refractivity contribution in [3.05, 3.63) is 6.20 Å². The molecule has 0 radical (unpaired) electrons. The third kappa shape index (κ3) is 1.37. The lowest BCUT2D eigenvalue weighted by Crippen LogP contribution is -2.37. The van der Waals surface area contributed by atoms with Crippen molar-refractivity contribution in [2.24, 2.45) is 5.73 Å². The second-order valence-corrected chi connectivity index (χ2v) is 3.79. The number of aromatic nitrogens is 3. The van der Waals surface area contributed by atoms with Crippen molar-refractivity contribution in [3.8, 4) is 0 Å². The van der Waals surface area contributed by atoms with E-state index >= 15 is 0 Å². The van der Waals surface area contributed by atoms with Crippen molar-refractivity contribution in [1.82, 2.24) is 15.0 Å². The molecule has 1 fully saturated rings. The molecule has 14 heavy (non-hydrogen) atoms. The molecule has 0 aliphatic carbocycles. The van der Waals surface area contributed by atoms with Gasteiger partial charge in [0.1, 0.15) is 5.82 Å². The van der Waals surface area contributed by atoms with Gasteiger partial charge in [0.2, 0.25) is 0 Å². The van der Waals surface area contributed by atoms with Crippen LogP contribution < -0.4 is 10.6 Å². The highest BCUT2D eigenvalue weighted by Crippen LogP contribution is 2.23. The van der Waals surface area contributed by atoms with Gasteiger partial charge in [-0.3, -0.25) is 0 Å². The lowest BCUT2D eigenvalue weighted by Gasteiger charge is -2.24. The van der Waals surface area contributed by atoms with E-state index < -0.39 is 0 Å². The van der Waals surface area contributed by atoms with Crippen LogP contribution in [-0.2, 0) is 6.54 Å². The second-order valence-electron chi connectivity index (χ2n) is 3.79. The van der Waals surface area contributed by atoms with Gasteiger partial charge in [0.15, 0.2) is 0 Å². The van der Waals surface area contributed by atoms with Gasteiger partial charge in [-0.1, -0.05) is 5.21 Å². The summed E-state index contributed by atoms with van der Waals surface area (Å²) in [7, 11) is 0. The molecule has 5 heteroatoms. The van der Waals surface area contributed by atoms with Gasteiger partial charge in [-0.25, -0.2) is 4.68 Å². The van der Waals surface area contributed by atoms with E-state index in [2.05, 4.69) is 29.1 Å². The minimum atomic E-state index is 0.273. The van der Waals surface area contributed by atoms with Gasteiger partial charge in [0.05, 0.1) is 6.20 Å². The van der Waals surface area contributed by atoms with Crippen molar-refractivity contribution in [2.45, 2.75) is 38.9 Å². The van der Waals surface area contributed by atoms with Crippen LogP contribution >= 0.6 is 0 Å². The number of rotatable bonds is 2. The number of aryl methyl sites for hydroxylation is 1. The fourth-order valence-corrected chi connectivity index (χ4v) is 1.99. The molecular weight excluding hydrogens is 178 g/mol. The van der Waals surface area contributed by atoms with Crippen molar-refractivity contribution >= 4 is 5.82 Å². The van der Waals surface area contributed by atoms with E-state index in [1.807, 2.05) is 10.9 Å². The monoisotopic (exact) mass is 195 g/mol. The molecule has 0 spiro atoms. The highest BCUT2D eigenvalue weighted by atomic mass is 15.5. The largest absolute Gasteiger partial charge is 0.351 e. The lowest BCUT2D eigenvalue weighted by molar-refractivity contribution is 0.585. The Morgan fingerprint density at radius 2 is 2.43 bits per heavy atom. The van der Waals surface area contributed by atoms with Crippen molar-refractivity contribution in [2.75, 3.05) is 11.4 Å².